The summed E-state index contributed by atoms with van der Waals surface area (Å²) in [5.41, 5.74) is 2.92. The summed E-state index contributed by atoms with van der Waals surface area (Å²) in [5.74, 6) is 0.0617. The SMILES string of the molecule is COCCn1cc(C(=O)N2CCOC(c3ccccc3)C2)c2ccccc21. The number of fused-ring (bicyclic) bond motifs is 1. The van der Waals surface area contributed by atoms with E-state index in [-0.39, 0.29) is 12.0 Å². The first-order valence-corrected chi connectivity index (χ1v) is 9.30. The van der Waals surface area contributed by atoms with E-state index in [1.54, 1.807) is 7.11 Å². The fourth-order valence-corrected chi connectivity index (χ4v) is 3.67. The van der Waals surface area contributed by atoms with E-state index in [1.165, 1.54) is 0 Å². The number of amides is 1. The van der Waals surface area contributed by atoms with Crippen LogP contribution in [0.2, 0.25) is 0 Å². The van der Waals surface area contributed by atoms with Crippen LogP contribution in [0.4, 0.5) is 0 Å². The first-order chi connectivity index (χ1) is 13.3. The van der Waals surface area contributed by atoms with E-state index < -0.39 is 0 Å². The molecule has 5 heteroatoms. The van der Waals surface area contributed by atoms with Gasteiger partial charge in [-0.25, -0.2) is 0 Å². The molecule has 1 amide bonds. The van der Waals surface area contributed by atoms with Gasteiger partial charge in [-0.05, 0) is 11.6 Å². The molecule has 2 heterocycles. The molecule has 0 aliphatic carbocycles. The van der Waals surface area contributed by atoms with Gasteiger partial charge < -0.3 is 18.9 Å². The number of ether oxygens (including phenoxy) is 2. The lowest BCUT2D eigenvalue weighted by Crippen LogP contribution is -2.42. The van der Waals surface area contributed by atoms with E-state index in [1.807, 2.05) is 53.6 Å². The number of morpholine rings is 1. The summed E-state index contributed by atoms with van der Waals surface area (Å²) < 4.78 is 13.2. The molecular weight excluding hydrogens is 340 g/mol. The molecular formula is C22H24N2O3. The summed E-state index contributed by atoms with van der Waals surface area (Å²) in [4.78, 5) is 15.2. The molecule has 1 aromatic heterocycles. The zero-order valence-corrected chi connectivity index (χ0v) is 15.5. The Kier molecular flexibility index (Phi) is 5.23. The second-order valence-electron chi connectivity index (χ2n) is 6.77. The number of hydrogen-bond donors (Lipinski definition) is 0. The van der Waals surface area contributed by atoms with Crippen molar-refractivity contribution >= 4 is 16.8 Å². The predicted molar refractivity (Wildman–Crippen MR) is 105 cm³/mol. The molecule has 2 aromatic carbocycles. The Morgan fingerprint density at radius 1 is 1.15 bits per heavy atom. The maximum absolute atomic E-state index is 13.3. The van der Waals surface area contributed by atoms with Crippen LogP contribution in [-0.2, 0) is 16.0 Å². The van der Waals surface area contributed by atoms with E-state index >= 15 is 0 Å². The van der Waals surface area contributed by atoms with Gasteiger partial charge in [0.15, 0.2) is 0 Å². The summed E-state index contributed by atoms with van der Waals surface area (Å²) in [5, 5.41) is 0.987. The molecule has 1 atom stereocenters. The number of hydrogen-bond acceptors (Lipinski definition) is 3. The number of carbonyl (C=O) groups is 1. The number of aromatic nitrogens is 1. The van der Waals surface area contributed by atoms with Crippen molar-refractivity contribution in [2.75, 3.05) is 33.4 Å². The molecule has 0 N–H and O–H groups in total. The number of methoxy groups -OCH3 is 1. The van der Waals surface area contributed by atoms with Crippen molar-refractivity contribution in [2.45, 2.75) is 12.6 Å². The monoisotopic (exact) mass is 364 g/mol. The van der Waals surface area contributed by atoms with Crippen LogP contribution in [0, 0.1) is 0 Å². The van der Waals surface area contributed by atoms with Gasteiger partial charge in [0, 0.05) is 37.3 Å². The van der Waals surface area contributed by atoms with Crippen LogP contribution in [0.15, 0.2) is 60.8 Å². The number of para-hydroxylation sites is 1. The number of rotatable bonds is 5. The lowest BCUT2D eigenvalue weighted by molar-refractivity contribution is -0.0227. The zero-order valence-electron chi connectivity index (χ0n) is 15.5. The number of nitrogens with zero attached hydrogens (tertiary/aromatic N) is 2. The summed E-state index contributed by atoms with van der Waals surface area (Å²) in [6.45, 7) is 3.06. The van der Waals surface area contributed by atoms with E-state index in [2.05, 4.69) is 16.7 Å². The molecule has 0 spiro atoms. The summed E-state index contributed by atoms with van der Waals surface area (Å²) in [6, 6.07) is 18.1. The molecule has 0 saturated carbocycles. The zero-order chi connectivity index (χ0) is 18.6. The maximum Gasteiger partial charge on any atom is 0.256 e. The van der Waals surface area contributed by atoms with Gasteiger partial charge in [0.2, 0.25) is 0 Å². The van der Waals surface area contributed by atoms with E-state index in [0.29, 0.717) is 26.3 Å². The lowest BCUT2D eigenvalue weighted by Gasteiger charge is -2.33. The highest BCUT2D eigenvalue weighted by Crippen LogP contribution is 2.26. The first-order valence-electron chi connectivity index (χ1n) is 9.30. The molecule has 4 rings (SSSR count). The van der Waals surface area contributed by atoms with Crippen molar-refractivity contribution in [3.63, 3.8) is 0 Å². The van der Waals surface area contributed by atoms with Crippen LogP contribution in [0.3, 0.4) is 0 Å². The van der Waals surface area contributed by atoms with Crippen molar-refractivity contribution in [1.29, 1.82) is 0 Å². The van der Waals surface area contributed by atoms with Crippen LogP contribution in [0.25, 0.3) is 10.9 Å². The van der Waals surface area contributed by atoms with Gasteiger partial charge in [0.1, 0.15) is 6.10 Å². The molecule has 1 unspecified atom stereocenters. The highest BCUT2D eigenvalue weighted by molar-refractivity contribution is 6.07. The Hall–Kier alpha value is -2.63. The molecule has 5 nitrogen and oxygen atoms in total. The Bertz CT molecular complexity index is 920. The van der Waals surface area contributed by atoms with Crippen molar-refractivity contribution in [3.05, 3.63) is 71.9 Å². The fraction of sp³-hybridized carbons (Fsp3) is 0.318. The summed E-state index contributed by atoms with van der Waals surface area (Å²) >= 11 is 0. The van der Waals surface area contributed by atoms with E-state index in [0.717, 1.165) is 28.6 Å². The Morgan fingerprint density at radius 2 is 1.93 bits per heavy atom. The normalized spacial score (nSPS) is 17.4. The van der Waals surface area contributed by atoms with Crippen molar-refractivity contribution in [2.24, 2.45) is 0 Å². The molecule has 140 valence electrons. The van der Waals surface area contributed by atoms with Gasteiger partial charge in [-0.3, -0.25) is 4.79 Å². The third kappa shape index (κ3) is 3.61. The highest BCUT2D eigenvalue weighted by atomic mass is 16.5. The van der Waals surface area contributed by atoms with Crippen molar-refractivity contribution in [1.82, 2.24) is 9.47 Å². The smallest absolute Gasteiger partial charge is 0.256 e. The number of carbonyl (C=O) groups excluding carboxylic acids is 1. The first kappa shape index (κ1) is 17.8. The van der Waals surface area contributed by atoms with Gasteiger partial charge in [-0.1, -0.05) is 48.5 Å². The molecule has 1 aliphatic heterocycles. The second-order valence-corrected chi connectivity index (χ2v) is 6.77. The van der Waals surface area contributed by atoms with Gasteiger partial charge in [-0.15, -0.1) is 0 Å². The molecule has 0 bridgehead atoms. The van der Waals surface area contributed by atoms with Gasteiger partial charge >= 0.3 is 0 Å². The molecule has 27 heavy (non-hydrogen) atoms. The topological polar surface area (TPSA) is 43.7 Å². The van der Waals surface area contributed by atoms with Crippen LogP contribution in [0.1, 0.15) is 22.0 Å². The van der Waals surface area contributed by atoms with Crippen molar-refractivity contribution in [3.8, 4) is 0 Å². The molecule has 1 saturated heterocycles. The Balaban J connectivity index is 1.60. The maximum atomic E-state index is 13.3. The van der Waals surface area contributed by atoms with Crippen LogP contribution in [0.5, 0.6) is 0 Å². The standard InChI is InChI=1S/C22H24N2O3/c1-26-13-11-23-15-19(18-9-5-6-10-20(18)23)22(25)24-12-14-27-21(16-24)17-7-3-2-4-8-17/h2-10,15,21H,11-14,16H2,1H3. The predicted octanol–water partition coefficient (Wildman–Crippen LogP) is 3.50. The third-order valence-electron chi connectivity index (χ3n) is 5.08. The third-order valence-corrected chi connectivity index (χ3v) is 5.08. The van der Waals surface area contributed by atoms with Gasteiger partial charge in [0.25, 0.3) is 5.91 Å². The van der Waals surface area contributed by atoms with Gasteiger partial charge in [0.05, 0.1) is 25.3 Å². The Morgan fingerprint density at radius 3 is 2.74 bits per heavy atom. The average molecular weight is 364 g/mol. The van der Waals surface area contributed by atoms with Crippen LogP contribution < -0.4 is 0 Å². The lowest BCUT2D eigenvalue weighted by atomic mass is 10.1. The molecule has 1 aliphatic rings. The highest BCUT2D eigenvalue weighted by Gasteiger charge is 2.27. The minimum atomic E-state index is -0.0780. The quantitative estimate of drug-likeness (QED) is 0.696. The van der Waals surface area contributed by atoms with Crippen LogP contribution in [-0.4, -0.2) is 48.8 Å². The summed E-state index contributed by atoms with van der Waals surface area (Å²) in [6.07, 6.45) is 1.88. The van der Waals surface area contributed by atoms with E-state index in [4.69, 9.17) is 9.47 Å². The number of benzene rings is 2. The largest absolute Gasteiger partial charge is 0.383 e. The van der Waals surface area contributed by atoms with E-state index in [9.17, 15) is 4.79 Å². The van der Waals surface area contributed by atoms with Crippen LogP contribution >= 0.6 is 0 Å². The average Bonchev–Trinajstić information content (AvgIpc) is 3.11. The minimum absolute atomic E-state index is 0.0617. The molecule has 1 fully saturated rings. The second kappa shape index (κ2) is 7.94. The Labute approximate surface area is 159 Å². The fourth-order valence-electron chi connectivity index (χ4n) is 3.67. The van der Waals surface area contributed by atoms with Crippen molar-refractivity contribution < 1.29 is 14.3 Å². The molecule has 3 aromatic rings. The van der Waals surface area contributed by atoms with Gasteiger partial charge in [-0.2, -0.15) is 0 Å². The summed E-state index contributed by atoms with van der Waals surface area (Å²) in [7, 11) is 1.69. The minimum Gasteiger partial charge on any atom is -0.383 e. The molecule has 0 radical (unpaired) electrons.